The van der Waals surface area contributed by atoms with Crippen LogP contribution in [0.1, 0.15) is 168 Å². The molecule has 2 nitrogen and oxygen atoms in total. The van der Waals surface area contributed by atoms with Gasteiger partial charge in [0.05, 0.1) is 5.69 Å². The molecule has 0 aliphatic carbocycles. The topological polar surface area (TPSA) is 32.6 Å². The van der Waals surface area contributed by atoms with Crippen LogP contribution in [0.25, 0.3) is 0 Å². The van der Waals surface area contributed by atoms with Crippen LogP contribution in [-0.4, -0.2) is 17.1 Å². The van der Waals surface area contributed by atoms with E-state index in [9.17, 15) is 5.11 Å². The maximum absolute atomic E-state index is 11.1. The van der Waals surface area contributed by atoms with Crippen LogP contribution in [0.4, 0.5) is 5.69 Å². The summed E-state index contributed by atoms with van der Waals surface area (Å²) >= 11 is 1.91. The third-order valence-corrected chi connectivity index (χ3v) is 9.43. The fourth-order valence-electron chi connectivity index (χ4n) is 5.42. The second kappa shape index (κ2) is 19.5. The molecule has 0 amide bonds. The van der Waals surface area contributed by atoms with E-state index in [-0.39, 0.29) is 10.8 Å². The molecule has 3 heteroatoms. The minimum Gasteiger partial charge on any atom is -0.507 e. The number of phenolic OH excluding ortho intramolecular Hbond substituents is 1. The van der Waals surface area contributed by atoms with Gasteiger partial charge in [0.15, 0.2) is 0 Å². The molecule has 42 heavy (non-hydrogen) atoms. The van der Waals surface area contributed by atoms with Gasteiger partial charge in [-0.05, 0) is 46.8 Å². The van der Waals surface area contributed by atoms with E-state index in [0.29, 0.717) is 5.75 Å². The molecule has 0 spiro atoms. The molecule has 0 aliphatic heterocycles. The molecule has 0 fully saturated rings. The number of nitrogens with zero attached hydrogens (tertiary/aromatic N) is 1. The van der Waals surface area contributed by atoms with Crippen molar-refractivity contribution in [1.82, 2.24) is 0 Å². The molecule has 0 atom stereocenters. The SMILES string of the molecule is CCCCCCCCCCCCCCCCCCSc1ccccc1N=Cc1cc(C(C)(C)C)cc(C(C)(C)C)c1O. The van der Waals surface area contributed by atoms with Crippen molar-refractivity contribution < 1.29 is 5.11 Å². The molecule has 1 N–H and O–H groups in total. The fraction of sp³-hybridized carbons (Fsp3) is 0.667. The molecule has 0 saturated carbocycles. The lowest BCUT2D eigenvalue weighted by molar-refractivity contribution is 0.444. The molecule has 236 valence electrons. The monoisotopic (exact) mass is 593 g/mol. The second-order valence-corrected chi connectivity index (χ2v) is 15.5. The Hall–Kier alpha value is -1.74. The Bertz CT molecular complexity index is 1040. The smallest absolute Gasteiger partial charge is 0.128 e. The van der Waals surface area contributed by atoms with E-state index >= 15 is 0 Å². The van der Waals surface area contributed by atoms with Crippen LogP contribution in [0, 0.1) is 0 Å². The van der Waals surface area contributed by atoms with Crippen molar-refractivity contribution in [2.45, 2.75) is 167 Å². The molecular formula is C39H63NOS. The number of hydrogen-bond acceptors (Lipinski definition) is 3. The predicted molar refractivity (Wildman–Crippen MR) is 189 cm³/mol. The Morgan fingerprint density at radius 2 is 1.17 bits per heavy atom. The first-order valence-electron chi connectivity index (χ1n) is 17.2. The van der Waals surface area contributed by atoms with Crippen molar-refractivity contribution in [2.75, 3.05) is 5.75 Å². The summed E-state index contributed by atoms with van der Waals surface area (Å²) in [4.78, 5) is 6.09. The van der Waals surface area contributed by atoms with Gasteiger partial charge in [0, 0.05) is 22.2 Å². The van der Waals surface area contributed by atoms with Crippen LogP contribution >= 0.6 is 11.8 Å². The number of thioether (sulfide) groups is 1. The molecule has 2 rings (SSSR count). The maximum atomic E-state index is 11.1. The van der Waals surface area contributed by atoms with Gasteiger partial charge in [-0.3, -0.25) is 4.99 Å². The minimum atomic E-state index is -0.144. The lowest BCUT2D eigenvalue weighted by Crippen LogP contribution is -2.17. The zero-order chi connectivity index (χ0) is 30.8. The van der Waals surface area contributed by atoms with Crippen LogP contribution in [0.3, 0.4) is 0 Å². The Morgan fingerprint density at radius 1 is 0.667 bits per heavy atom. The van der Waals surface area contributed by atoms with E-state index < -0.39 is 0 Å². The quantitative estimate of drug-likeness (QED) is 0.0940. The van der Waals surface area contributed by atoms with Crippen LogP contribution in [0.5, 0.6) is 5.75 Å². The van der Waals surface area contributed by atoms with Crippen LogP contribution in [0.15, 0.2) is 46.3 Å². The molecule has 0 heterocycles. The van der Waals surface area contributed by atoms with Gasteiger partial charge in [-0.2, -0.15) is 0 Å². The van der Waals surface area contributed by atoms with Crippen molar-refractivity contribution in [2.24, 2.45) is 4.99 Å². The molecule has 2 aromatic carbocycles. The van der Waals surface area contributed by atoms with Crippen molar-refractivity contribution in [1.29, 1.82) is 0 Å². The lowest BCUT2D eigenvalue weighted by Gasteiger charge is -2.27. The molecule has 0 radical (unpaired) electrons. The highest BCUT2D eigenvalue weighted by atomic mass is 32.2. The molecule has 0 aliphatic rings. The average molecular weight is 594 g/mol. The van der Waals surface area contributed by atoms with Crippen molar-refractivity contribution in [3.05, 3.63) is 53.1 Å². The molecular weight excluding hydrogens is 531 g/mol. The summed E-state index contributed by atoms with van der Waals surface area (Å²) < 4.78 is 0. The largest absolute Gasteiger partial charge is 0.507 e. The van der Waals surface area contributed by atoms with Crippen LogP contribution in [-0.2, 0) is 10.8 Å². The summed E-state index contributed by atoms with van der Waals surface area (Å²) in [5.41, 5.74) is 3.83. The van der Waals surface area contributed by atoms with E-state index in [1.54, 1.807) is 0 Å². The highest BCUT2D eigenvalue weighted by Crippen LogP contribution is 2.38. The number of para-hydroxylation sites is 1. The van der Waals surface area contributed by atoms with E-state index in [0.717, 1.165) is 22.6 Å². The highest BCUT2D eigenvalue weighted by molar-refractivity contribution is 7.99. The van der Waals surface area contributed by atoms with E-state index in [2.05, 4.69) is 84.9 Å². The molecule has 2 aromatic rings. The number of unbranched alkanes of at least 4 members (excludes halogenated alkanes) is 15. The highest BCUT2D eigenvalue weighted by Gasteiger charge is 2.24. The first-order valence-corrected chi connectivity index (χ1v) is 18.2. The third kappa shape index (κ3) is 14.2. The fourth-order valence-corrected chi connectivity index (χ4v) is 6.43. The molecule has 0 bridgehead atoms. The minimum absolute atomic E-state index is 0.00298. The van der Waals surface area contributed by atoms with Gasteiger partial charge in [-0.1, -0.05) is 163 Å². The number of benzene rings is 2. The first-order chi connectivity index (χ1) is 20.0. The first kappa shape index (κ1) is 36.5. The van der Waals surface area contributed by atoms with Crippen LogP contribution in [0.2, 0.25) is 0 Å². The summed E-state index contributed by atoms with van der Waals surface area (Å²) in [6, 6.07) is 12.7. The molecule has 0 unspecified atom stereocenters. The van der Waals surface area contributed by atoms with Gasteiger partial charge in [0.25, 0.3) is 0 Å². The maximum Gasteiger partial charge on any atom is 0.128 e. The van der Waals surface area contributed by atoms with Gasteiger partial charge >= 0.3 is 0 Å². The predicted octanol–water partition coefficient (Wildman–Crippen LogP) is 13.1. The van der Waals surface area contributed by atoms with E-state index in [1.165, 1.54) is 113 Å². The van der Waals surface area contributed by atoms with Crippen molar-refractivity contribution in [3.63, 3.8) is 0 Å². The lowest BCUT2D eigenvalue weighted by atomic mass is 9.79. The number of phenols is 1. The van der Waals surface area contributed by atoms with Gasteiger partial charge in [0.2, 0.25) is 0 Å². The Kier molecular flexibility index (Phi) is 16.9. The third-order valence-electron chi connectivity index (χ3n) is 8.28. The van der Waals surface area contributed by atoms with Crippen molar-refractivity contribution in [3.8, 4) is 5.75 Å². The number of aliphatic imine (C=N–C) groups is 1. The Labute approximate surface area is 264 Å². The van der Waals surface area contributed by atoms with E-state index in [1.807, 2.05) is 18.0 Å². The Balaban J connectivity index is 1.72. The van der Waals surface area contributed by atoms with Gasteiger partial charge in [-0.15, -0.1) is 11.8 Å². The summed E-state index contributed by atoms with van der Waals surface area (Å²) in [5, 5.41) is 11.1. The molecule has 0 saturated heterocycles. The summed E-state index contributed by atoms with van der Waals surface area (Å²) in [6.07, 6.45) is 24.3. The van der Waals surface area contributed by atoms with Crippen molar-refractivity contribution >= 4 is 23.7 Å². The Morgan fingerprint density at radius 3 is 1.67 bits per heavy atom. The zero-order valence-corrected chi connectivity index (χ0v) is 29.2. The number of rotatable bonds is 20. The molecule has 0 aromatic heterocycles. The average Bonchev–Trinajstić information content (AvgIpc) is 2.93. The summed E-state index contributed by atoms with van der Waals surface area (Å²) in [6.45, 7) is 15.4. The normalized spacial score (nSPS) is 12.5. The van der Waals surface area contributed by atoms with E-state index in [4.69, 9.17) is 4.99 Å². The summed E-state index contributed by atoms with van der Waals surface area (Å²) in [7, 11) is 0. The van der Waals surface area contributed by atoms with Gasteiger partial charge < -0.3 is 5.11 Å². The van der Waals surface area contributed by atoms with Gasteiger partial charge in [-0.25, -0.2) is 0 Å². The van der Waals surface area contributed by atoms with Gasteiger partial charge in [0.1, 0.15) is 5.75 Å². The zero-order valence-electron chi connectivity index (χ0n) is 28.4. The standard InChI is InChI=1S/C39H63NOS/c1-8-9-10-11-12-13-14-15-16-17-18-19-20-21-22-25-28-42-36-27-24-23-26-35(36)40-31-32-29-33(38(2,3)4)30-34(37(32)41)39(5,6)7/h23-24,26-27,29-31,41H,8-22,25,28H2,1-7H3. The van der Waals surface area contributed by atoms with Crippen LogP contribution < -0.4 is 0 Å². The second-order valence-electron chi connectivity index (χ2n) is 14.3. The number of aromatic hydroxyl groups is 1. The summed E-state index contributed by atoms with van der Waals surface area (Å²) in [5.74, 6) is 1.47. The number of hydrogen-bond donors (Lipinski definition) is 1.